The third-order valence-electron chi connectivity index (χ3n) is 3.23. The molecule has 1 aromatic rings. The van der Waals surface area contributed by atoms with Gasteiger partial charge in [0.2, 0.25) is 20.0 Å². The molecule has 0 saturated carbocycles. The van der Waals surface area contributed by atoms with Crippen LogP contribution in [0.25, 0.3) is 0 Å². The Labute approximate surface area is 146 Å². The number of nitrogens with two attached hydrogens (primary N) is 2. The molecule has 0 aliphatic heterocycles. The van der Waals surface area contributed by atoms with Gasteiger partial charge in [0.1, 0.15) is 0 Å². The minimum absolute atomic E-state index is 0.0438. The van der Waals surface area contributed by atoms with Crippen molar-refractivity contribution in [1.82, 2.24) is 0 Å². The normalized spacial score (nSPS) is 13.4. The second-order valence-corrected chi connectivity index (χ2v) is 7.89. The Balaban J connectivity index is 0.00000118. The predicted molar refractivity (Wildman–Crippen MR) is 92.4 cm³/mol. The van der Waals surface area contributed by atoms with E-state index < -0.39 is 20.7 Å². The highest BCUT2D eigenvalue weighted by Gasteiger charge is 2.48. The fourth-order valence-corrected chi connectivity index (χ4v) is 3.73. The number of benzene rings is 1. The molecule has 0 heterocycles. The molecule has 136 valence electrons. The van der Waals surface area contributed by atoms with Gasteiger partial charge in [-0.1, -0.05) is 18.2 Å². The first-order valence-corrected chi connectivity index (χ1v) is 9.05. The zero-order valence-corrected chi connectivity index (χ0v) is 15.2. The van der Waals surface area contributed by atoms with Crippen LogP contribution in [-0.2, 0) is 19.4 Å². The molecule has 0 amide bonds. The van der Waals surface area contributed by atoms with Crippen LogP contribution in [0.3, 0.4) is 0 Å². The Morgan fingerprint density at radius 3 is 2.17 bits per heavy atom. The Kier molecular flexibility index (Phi) is 9.13. The van der Waals surface area contributed by atoms with Crippen LogP contribution in [0, 0.1) is 6.92 Å². The molecule has 1 unspecified atom stereocenters. The van der Waals surface area contributed by atoms with Gasteiger partial charge in [-0.05, 0) is 56.0 Å². The third kappa shape index (κ3) is 5.86. The molecule has 0 aliphatic rings. The van der Waals surface area contributed by atoms with Crippen LogP contribution in [0.15, 0.2) is 29.2 Å². The van der Waals surface area contributed by atoms with E-state index in [1.165, 1.54) is 13.0 Å². The zero-order chi connectivity index (χ0) is 19.0. The van der Waals surface area contributed by atoms with Gasteiger partial charge >= 0.3 is 5.97 Å². The van der Waals surface area contributed by atoms with Gasteiger partial charge in [0.25, 0.3) is 0 Å². The monoisotopic (exact) mass is 378 g/mol. The molecular formula is C15H23ClN2O5S. The summed E-state index contributed by atoms with van der Waals surface area (Å²) in [5.74, 6) is -1.54. The lowest BCUT2D eigenvalue weighted by atomic mass is 10.1. The number of carbonyl (C=O) groups excluding carboxylic acids is 1. The van der Waals surface area contributed by atoms with Crippen molar-refractivity contribution in [3.8, 4) is 0 Å². The third-order valence-corrected chi connectivity index (χ3v) is 5.60. The van der Waals surface area contributed by atoms with Crippen molar-refractivity contribution in [3.63, 3.8) is 0 Å². The summed E-state index contributed by atoms with van der Waals surface area (Å²) in [5.41, 5.74) is 11.5. The maximum atomic E-state index is 12.6. The number of carboxylic acids is 1. The van der Waals surface area contributed by atoms with Crippen LogP contribution < -0.4 is 11.5 Å². The number of carboxylic acid groups (broad SMARTS) is 1. The van der Waals surface area contributed by atoms with Crippen molar-refractivity contribution in [2.24, 2.45) is 11.5 Å². The van der Waals surface area contributed by atoms with Gasteiger partial charge in [-0.3, -0.25) is 4.79 Å². The Morgan fingerprint density at radius 1 is 1.25 bits per heavy atom. The van der Waals surface area contributed by atoms with E-state index in [0.29, 0.717) is 24.9 Å². The first kappa shape index (κ1) is 22.5. The molecule has 1 aromatic carbocycles. The van der Waals surface area contributed by atoms with Crippen LogP contribution in [0.5, 0.6) is 0 Å². The molecule has 9 heteroatoms. The smallest absolute Gasteiger partial charge is 0.339 e. The zero-order valence-electron chi connectivity index (χ0n) is 13.7. The van der Waals surface area contributed by atoms with Crippen molar-refractivity contribution in [1.29, 1.82) is 0 Å². The van der Waals surface area contributed by atoms with Gasteiger partial charge in [-0.2, -0.15) is 0 Å². The molecule has 0 aromatic heterocycles. The Morgan fingerprint density at radius 2 is 1.75 bits per heavy atom. The van der Waals surface area contributed by atoms with Crippen molar-refractivity contribution in [2.75, 3.05) is 6.54 Å². The second kappa shape index (κ2) is 9.73. The van der Waals surface area contributed by atoms with Gasteiger partial charge in [0.15, 0.2) is 0 Å². The average Bonchev–Trinajstić information content (AvgIpc) is 2.46. The number of unbranched alkanes of at least 4 members (excludes halogenated alkanes) is 1. The van der Waals surface area contributed by atoms with Crippen LogP contribution in [0.1, 0.15) is 31.7 Å². The van der Waals surface area contributed by atoms with Crippen LogP contribution in [-0.4, -0.2) is 36.2 Å². The number of halogens is 1. The quantitative estimate of drug-likeness (QED) is 0.481. The SMILES string of the molecule is CC(=O)Cl.Cc1ccccc1S(=O)(=O)C(N)(CCCCN)C(=O)O. The lowest BCUT2D eigenvalue weighted by Gasteiger charge is -2.25. The van der Waals surface area contributed by atoms with Crippen molar-refractivity contribution in [2.45, 2.75) is 42.9 Å². The summed E-state index contributed by atoms with van der Waals surface area (Å²) in [7, 11) is -4.17. The Bertz CT molecular complexity index is 674. The lowest BCUT2D eigenvalue weighted by Crippen LogP contribution is -2.54. The maximum absolute atomic E-state index is 12.6. The van der Waals surface area contributed by atoms with Gasteiger partial charge in [-0.15, -0.1) is 0 Å². The standard InChI is InChI=1S/C13H20N2O4S.C2H3ClO/c1-10-6-2-3-7-11(10)20(18,19)13(15,12(16)17)8-4-5-9-14;1-2(3)4/h2-3,6-7H,4-5,8-9,14-15H2,1H3,(H,16,17);1H3. The lowest BCUT2D eigenvalue weighted by molar-refractivity contribution is -0.140. The highest BCUT2D eigenvalue weighted by molar-refractivity contribution is 7.93. The number of hydrogen-bond acceptors (Lipinski definition) is 6. The van der Waals surface area contributed by atoms with Gasteiger partial charge in [0, 0.05) is 6.92 Å². The molecule has 0 saturated heterocycles. The van der Waals surface area contributed by atoms with Crippen molar-refractivity contribution in [3.05, 3.63) is 29.8 Å². The predicted octanol–water partition coefficient (Wildman–Crippen LogP) is 1.41. The number of rotatable bonds is 7. The van der Waals surface area contributed by atoms with Crippen molar-refractivity contribution >= 4 is 32.6 Å². The number of carbonyl (C=O) groups is 2. The van der Waals surface area contributed by atoms with E-state index in [2.05, 4.69) is 11.6 Å². The molecule has 5 N–H and O–H groups in total. The molecule has 1 atom stereocenters. The number of aliphatic carboxylic acids is 1. The van der Waals surface area contributed by atoms with Crippen molar-refractivity contribution < 1.29 is 23.1 Å². The van der Waals surface area contributed by atoms with Crippen LogP contribution in [0.4, 0.5) is 0 Å². The largest absolute Gasteiger partial charge is 0.479 e. The summed E-state index contributed by atoms with van der Waals surface area (Å²) in [5, 5.41) is 8.92. The summed E-state index contributed by atoms with van der Waals surface area (Å²) in [6.45, 7) is 3.26. The van der Waals surface area contributed by atoms with E-state index in [-0.39, 0.29) is 16.6 Å². The van der Waals surface area contributed by atoms with E-state index in [1.807, 2.05) is 0 Å². The molecule has 7 nitrogen and oxygen atoms in total. The highest BCUT2D eigenvalue weighted by atomic mass is 35.5. The number of hydrogen-bond donors (Lipinski definition) is 3. The molecule has 0 bridgehead atoms. The second-order valence-electron chi connectivity index (χ2n) is 5.18. The van der Waals surface area contributed by atoms with E-state index in [9.17, 15) is 23.1 Å². The Hall–Kier alpha value is -1.48. The maximum Gasteiger partial charge on any atom is 0.339 e. The summed E-state index contributed by atoms with van der Waals surface area (Å²) in [6.07, 6.45) is 0.691. The molecule has 24 heavy (non-hydrogen) atoms. The molecule has 0 aliphatic carbocycles. The number of sulfone groups is 1. The molecular weight excluding hydrogens is 356 g/mol. The first-order valence-electron chi connectivity index (χ1n) is 7.19. The summed E-state index contributed by atoms with van der Waals surface area (Å²) >= 11 is 4.64. The molecule has 1 rings (SSSR count). The topological polar surface area (TPSA) is 141 Å². The van der Waals surface area contributed by atoms with E-state index in [0.717, 1.165) is 0 Å². The van der Waals surface area contributed by atoms with E-state index >= 15 is 0 Å². The summed E-state index contributed by atoms with van der Waals surface area (Å²) in [6, 6.07) is 6.21. The summed E-state index contributed by atoms with van der Waals surface area (Å²) < 4.78 is 25.1. The van der Waals surface area contributed by atoms with Crippen LogP contribution in [0.2, 0.25) is 0 Å². The van der Waals surface area contributed by atoms with Gasteiger partial charge in [0.05, 0.1) is 4.90 Å². The van der Waals surface area contributed by atoms with E-state index in [4.69, 9.17) is 11.5 Å². The minimum atomic E-state index is -4.17. The fourth-order valence-electron chi connectivity index (χ4n) is 1.94. The first-order chi connectivity index (χ1) is 11.0. The van der Waals surface area contributed by atoms with Gasteiger partial charge in [-0.25, -0.2) is 13.2 Å². The molecule has 0 spiro atoms. The highest BCUT2D eigenvalue weighted by Crippen LogP contribution is 2.28. The van der Waals surface area contributed by atoms with Gasteiger partial charge < -0.3 is 16.6 Å². The average molecular weight is 379 g/mol. The minimum Gasteiger partial charge on any atom is -0.479 e. The molecule has 0 radical (unpaired) electrons. The fraction of sp³-hybridized carbons (Fsp3) is 0.467. The molecule has 0 fully saturated rings. The van der Waals surface area contributed by atoms with E-state index in [1.54, 1.807) is 25.1 Å². The number of aryl methyl sites for hydroxylation is 1. The van der Waals surface area contributed by atoms with Crippen LogP contribution >= 0.6 is 11.6 Å². The summed E-state index contributed by atoms with van der Waals surface area (Å²) in [4.78, 5) is 18.3.